The number of hydrogen-bond acceptors (Lipinski definition) is 2. The van der Waals surface area contributed by atoms with Gasteiger partial charge >= 0.3 is 11.5 Å². The first-order valence-corrected chi connectivity index (χ1v) is 6.24. The number of carbonyl (C=O) groups is 1. The van der Waals surface area contributed by atoms with Crippen LogP contribution in [0.3, 0.4) is 0 Å². The zero-order chi connectivity index (χ0) is 14.6. The minimum Gasteiger partial charge on any atom is -0.475 e. The largest absolute Gasteiger partial charge is 0.475 e. The van der Waals surface area contributed by atoms with Crippen LogP contribution in [0.4, 0.5) is 0 Å². The first-order valence-electron chi connectivity index (χ1n) is 6.24. The highest BCUT2D eigenvalue weighted by molar-refractivity contribution is 5.81. The third kappa shape index (κ3) is 2.76. The summed E-state index contributed by atoms with van der Waals surface area (Å²) in [5, 5.41) is 9.28. The molecule has 2 rings (SSSR count). The van der Waals surface area contributed by atoms with Gasteiger partial charge in [0, 0.05) is 12.5 Å². The number of carboxylic acids is 1. The van der Waals surface area contributed by atoms with Gasteiger partial charge in [-0.25, -0.2) is 20.8 Å². The molecule has 5 nitrogen and oxygen atoms in total. The number of hydrogen-bond donors (Lipinski definition) is 1. The molecule has 1 aliphatic heterocycles. The lowest BCUT2D eigenvalue weighted by atomic mass is 10.0. The molecule has 0 saturated carbocycles. The van der Waals surface area contributed by atoms with E-state index in [4.69, 9.17) is 6.57 Å². The molecule has 5 heteroatoms. The quantitative estimate of drug-likeness (QED) is 0.659. The number of quaternary nitrogens is 1. The smallest absolute Gasteiger partial charge is 0.396 e. The summed E-state index contributed by atoms with van der Waals surface area (Å²) < 4.78 is 0.245. The summed E-state index contributed by atoms with van der Waals surface area (Å²) in [6.45, 7) is 9.37. The molecule has 0 bridgehead atoms. The van der Waals surface area contributed by atoms with Crippen LogP contribution in [0.25, 0.3) is 4.85 Å². The minimum atomic E-state index is -1.46. The van der Waals surface area contributed by atoms with Crippen molar-refractivity contribution in [3.05, 3.63) is 59.7 Å². The Balaban J connectivity index is 2.28. The van der Waals surface area contributed by atoms with Crippen molar-refractivity contribution < 1.29 is 14.4 Å². The van der Waals surface area contributed by atoms with Crippen LogP contribution >= 0.6 is 0 Å². The van der Waals surface area contributed by atoms with E-state index in [1.165, 1.54) is 6.92 Å². The number of benzene rings is 1. The first kappa shape index (κ1) is 14.0. The molecule has 0 fully saturated rings. The van der Waals surface area contributed by atoms with Crippen LogP contribution in [0.1, 0.15) is 12.5 Å². The highest BCUT2D eigenvalue weighted by Gasteiger charge is 2.49. The maximum atomic E-state index is 11.3. The number of aliphatic imine (C=N–C) groups is 1. The van der Waals surface area contributed by atoms with Crippen molar-refractivity contribution in [3.8, 4) is 0 Å². The van der Waals surface area contributed by atoms with Crippen LogP contribution in [0.2, 0.25) is 0 Å². The van der Waals surface area contributed by atoms with Crippen molar-refractivity contribution >= 4 is 12.3 Å². The van der Waals surface area contributed by atoms with E-state index in [1.54, 1.807) is 12.5 Å². The van der Waals surface area contributed by atoms with E-state index in [2.05, 4.69) is 9.84 Å². The van der Waals surface area contributed by atoms with E-state index < -0.39 is 11.5 Å². The zero-order valence-corrected chi connectivity index (χ0v) is 11.2. The van der Waals surface area contributed by atoms with Crippen LogP contribution in [0, 0.1) is 6.57 Å². The molecule has 0 aliphatic carbocycles. The monoisotopic (exact) mass is 270 g/mol. The van der Waals surface area contributed by atoms with E-state index >= 15 is 0 Å². The molecule has 1 heterocycles. The van der Waals surface area contributed by atoms with Gasteiger partial charge in [0.1, 0.15) is 12.7 Å². The molecular formula is C15H16N3O2+. The SMILES string of the molecule is [C-]#[N+]C(C)(C[N+]1(Cc2ccccc2)C=CN=C1)C(=O)O. The summed E-state index contributed by atoms with van der Waals surface area (Å²) in [5.74, 6) is -1.10. The molecule has 0 amide bonds. The summed E-state index contributed by atoms with van der Waals surface area (Å²) in [7, 11) is 0. The van der Waals surface area contributed by atoms with Crippen LogP contribution < -0.4 is 0 Å². The molecule has 1 aliphatic rings. The highest BCUT2D eigenvalue weighted by atomic mass is 16.4. The molecule has 0 spiro atoms. The molecule has 0 saturated heterocycles. The van der Waals surface area contributed by atoms with Crippen molar-refractivity contribution in [2.24, 2.45) is 4.99 Å². The van der Waals surface area contributed by atoms with Crippen molar-refractivity contribution in [3.63, 3.8) is 0 Å². The fourth-order valence-electron chi connectivity index (χ4n) is 2.27. The Kier molecular flexibility index (Phi) is 3.68. The van der Waals surface area contributed by atoms with Gasteiger partial charge in [0.2, 0.25) is 0 Å². The fraction of sp³-hybridized carbons (Fsp3) is 0.267. The molecular weight excluding hydrogens is 254 g/mol. The second-order valence-electron chi connectivity index (χ2n) is 5.16. The van der Waals surface area contributed by atoms with Crippen molar-refractivity contribution in [2.45, 2.75) is 19.0 Å². The Morgan fingerprint density at radius 1 is 1.45 bits per heavy atom. The molecule has 2 atom stereocenters. The number of carboxylic acid groups (broad SMARTS) is 1. The van der Waals surface area contributed by atoms with Gasteiger partial charge in [-0.05, 0) is 0 Å². The molecule has 1 N–H and O–H groups in total. The average molecular weight is 270 g/mol. The van der Waals surface area contributed by atoms with Gasteiger partial charge in [-0.2, -0.15) is 0 Å². The third-order valence-corrected chi connectivity index (χ3v) is 3.38. The molecule has 0 aromatic heterocycles. The van der Waals surface area contributed by atoms with E-state index in [0.29, 0.717) is 6.54 Å². The Morgan fingerprint density at radius 2 is 2.15 bits per heavy atom. The lowest BCUT2D eigenvalue weighted by Gasteiger charge is -2.29. The van der Waals surface area contributed by atoms with E-state index in [0.717, 1.165) is 5.56 Å². The van der Waals surface area contributed by atoms with E-state index in [9.17, 15) is 9.90 Å². The topological polar surface area (TPSA) is 54.0 Å². The predicted octanol–water partition coefficient (Wildman–Crippen LogP) is 2.28. The fourth-order valence-corrected chi connectivity index (χ4v) is 2.27. The van der Waals surface area contributed by atoms with E-state index in [1.807, 2.05) is 36.5 Å². The van der Waals surface area contributed by atoms with Crippen molar-refractivity contribution in [1.29, 1.82) is 0 Å². The number of nitrogens with zero attached hydrogens (tertiary/aromatic N) is 3. The second-order valence-corrected chi connectivity index (χ2v) is 5.16. The van der Waals surface area contributed by atoms with Crippen molar-refractivity contribution in [2.75, 3.05) is 6.54 Å². The summed E-state index contributed by atoms with van der Waals surface area (Å²) in [4.78, 5) is 18.7. The van der Waals surface area contributed by atoms with Gasteiger partial charge in [-0.1, -0.05) is 30.3 Å². The molecule has 102 valence electrons. The summed E-state index contributed by atoms with van der Waals surface area (Å²) in [6.07, 6.45) is 5.17. The average Bonchev–Trinajstić information content (AvgIpc) is 2.87. The third-order valence-electron chi connectivity index (χ3n) is 3.38. The zero-order valence-electron chi connectivity index (χ0n) is 11.2. The lowest BCUT2D eigenvalue weighted by molar-refractivity contribution is -0.796. The molecule has 2 unspecified atom stereocenters. The Morgan fingerprint density at radius 3 is 2.65 bits per heavy atom. The highest BCUT2D eigenvalue weighted by Crippen LogP contribution is 2.24. The van der Waals surface area contributed by atoms with Gasteiger partial charge < -0.3 is 5.11 Å². The Hall–Kier alpha value is -2.45. The van der Waals surface area contributed by atoms with Gasteiger partial charge in [0.25, 0.3) is 0 Å². The summed E-state index contributed by atoms with van der Waals surface area (Å²) in [5.41, 5.74) is -0.390. The van der Waals surface area contributed by atoms with Crippen molar-refractivity contribution in [1.82, 2.24) is 0 Å². The maximum Gasteiger partial charge on any atom is 0.396 e. The summed E-state index contributed by atoms with van der Waals surface area (Å²) >= 11 is 0. The van der Waals surface area contributed by atoms with Gasteiger partial charge in [0.15, 0.2) is 12.9 Å². The Bertz CT molecular complexity index is 589. The summed E-state index contributed by atoms with van der Waals surface area (Å²) in [6, 6.07) is 9.77. The predicted molar refractivity (Wildman–Crippen MR) is 75.5 cm³/mol. The minimum absolute atomic E-state index is 0.153. The van der Waals surface area contributed by atoms with Gasteiger partial charge in [-0.3, -0.25) is 4.85 Å². The van der Waals surface area contributed by atoms with E-state index in [-0.39, 0.29) is 11.0 Å². The van der Waals surface area contributed by atoms with Crippen LogP contribution in [-0.2, 0) is 11.3 Å². The lowest BCUT2D eigenvalue weighted by Crippen LogP contribution is -2.52. The standard InChI is InChI=1S/C15H15N3O2/c1-15(16-2,14(19)20)11-18(9-8-17-12-18)10-13-6-4-3-5-7-13/h3-9,12H,10-11H2,1H3/p+1. The molecule has 0 radical (unpaired) electrons. The van der Waals surface area contributed by atoms with Crippen LogP contribution in [0.5, 0.6) is 0 Å². The second kappa shape index (κ2) is 5.27. The van der Waals surface area contributed by atoms with Crippen LogP contribution in [0.15, 0.2) is 47.7 Å². The van der Waals surface area contributed by atoms with Crippen LogP contribution in [-0.4, -0.2) is 34.0 Å². The van der Waals surface area contributed by atoms with Gasteiger partial charge in [0.05, 0.1) is 6.20 Å². The maximum absolute atomic E-state index is 11.3. The Labute approximate surface area is 117 Å². The molecule has 1 aromatic carbocycles. The number of aliphatic carboxylic acids is 1. The molecule has 1 aromatic rings. The molecule has 20 heavy (non-hydrogen) atoms. The first-order chi connectivity index (χ1) is 9.50. The normalized spacial score (nSPS) is 23.2. The van der Waals surface area contributed by atoms with Gasteiger partial charge in [-0.15, -0.1) is 0 Å². The number of rotatable bonds is 5.